The Morgan fingerprint density at radius 3 is 2.67 bits per heavy atom. The number of benzene rings is 1. The lowest BCUT2D eigenvalue weighted by molar-refractivity contribution is -0.118. The molecule has 0 unspecified atom stereocenters. The predicted molar refractivity (Wildman–Crippen MR) is 91.6 cm³/mol. The average Bonchev–Trinajstić information content (AvgIpc) is 2.48. The molecule has 21 heavy (non-hydrogen) atoms. The fraction of sp³-hybridized carbons (Fsp3) is 0.588. The summed E-state index contributed by atoms with van der Waals surface area (Å²) < 4.78 is 1.04. The minimum Gasteiger partial charge on any atom is -0.325 e. The van der Waals surface area contributed by atoms with E-state index < -0.39 is 0 Å². The highest BCUT2D eigenvalue weighted by Gasteiger charge is 2.21. The fourth-order valence-corrected chi connectivity index (χ4v) is 3.56. The number of nitrogens with zero attached hydrogens (tertiary/aromatic N) is 1. The summed E-state index contributed by atoms with van der Waals surface area (Å²) in [4.78, 5) is 14.6. The van der Waals surface area contributed by atoms with Crippen LogP contribution in [0.4, 0.5) is 5.69 Å². The van der Waals surface area contributed by atoms with E-state index in [-0.39, 0.29) is 5.91 Å². The van der Waals surface area contributed by atoms with Crippen molar-refractivity contribution >= 4 is 27.5 Å². The molecule has 1 N–H and O–H groups in total. The van der Waals surface area contributed by atoms with Gasteiger partial charge in [0.1, 0.15) is 0 Å². The molecule has 1 aromatic rings. The van der Waals surface area contributed by atoms with Crippen molar-refractivity contribution in [3.05, 3.63) is 28.2 Å². The van der Waals surface area contributed by atoms with Gasteiger partial charge in [0.25, 0.3) is 0 Å². The van der Waals surface area contributed by atoms with Crippen LogP contribution in [0.5, 0.6) is 0 Å². The Bertz CT molecular complexity index is 484. The first kappa shape index (κ1) is 16.5. The van der Waals surface area contributed by atoms with E-state index in [9.17, 15) is 4.79 Å². The SMILES string of the molecule is CCN(CC(=O)Nc1ccc(Br)cc1C)C1CCCCC1. The van der Waals surface area contributed by atoms with Gasteiger partial charge in [-0.2, -0.15) is 0 Å². The minimum absolute atomic E-state index is 0.0906. The first-order valence-corrected chi connectivity index (χ1v) is 8.69. The zero-order chi connectivity index (χ0) is 15.2. The maximum absolute atomic E-state index is 12.3. The van der Waals surface area contributed by atoms with E-state index in [1.54, 1.807) is 0 Å². The topological polar surface area (TPSA) is 32.3 Å². The van der Waals surface area contributed by atoms with Crippen LogP contribution in [0.25, 0.3) is 0 Å². The molecular weight excluding hydrogens is 328 g/mol. The van der Waals surface area contributed by atoms with E-state index in [4.69, 9.17) is 0 Å². The van der Waals surface area contributed by atoms with E-state index in [1.807, 2.05) is 25.1 Å². The van der Waals surface area contributed by atoms with E-state index in [1.165, 1.54) is 32.1 Å². The zero-order valence-corrected chi connectivity index (χ0v) is 14.6. The van der Waals surface area contributed by atoms with E-state index >= 15 is 0 Å². The number of likely N-dealkylation sites (N-methyl/N-ethyl adjacent to an activating group) is 1. The largest absolute Gasteiger partial charge is 0.325 e. The number of amides is 1. The van der Waals surface area contributed by atoms with Crippen LogP contribution in [-0.4, -0.2) is 29.9 Å². The first-order chi connectivity index (χ1) is 10.1. The van der Waals surface area contributed by atoms with Crippen molar-refractivity contribution < 1.29 is 4.79 Å². The van der Waals surface area contributed by atoms with Crippen LogP contribution >= 0.6 is 15.9 Å². The highest BCUT2D eigenvalue weighted by atomic mass is 79.9. The second kappa shape index (κ2) is 7.95. The Kier molecular flexibility index (Phi) is 6.24. The van der Waals surface area contributed by atoms with Gasteiger partial charge in [0.15, 0.2) is 0 Å². The van der Waals surface area contributed by atoms with Crippen LogP contribution in [0.15, 0.2) is 22.7 Å². The highest BCUT2D eigenvalue weighted by molar-refractivity contribution is 9.10. The third-order valence-electron chi connectivity index (χ3n) is 4.31. The van der Waals surface area contributed by atoms with Crippen LogP contribution in [0, 0.1) is 6.92 Å². The number of hydrogen-bond donors (Lipinski definition) is 1. The molecule has 0 saturated heterocycles. The molecule has 1 fully saturated rings. The molecule has 1 amide bonds. The van der Waals surface area contributed by atoms with Crippen LogP contribution < -0.4 is 5.32 Å². The molecule has 1 saturated carbocycles. The van der Waals surface area contributed by atoms with Gasteiger partial charge in [-0.15, -0.1) is 0 Å². The Morgan fingerprint density at radius 2 is 2.05 bits per heavy atom. The standard InChI is InChI=1S/C17H25BrN2O/c1-3-20(15-7-5-4-6-8-15)12-17(21)19-16-10-9-14(18)11-13(16)2/h9-11,15H,3-8,12H2,1-2H3,(H,19,21). The molecule has 0 spiro atoms. The van der Waals surface area contributed by atoms with Gasteiger partial charge < -0.3 is 5.32 Å². The summed E-state index contributed by atoms with van der Waals surface area (Å²) in [5, 5.41) is 3.04. The molecule has 2 rings (SSSR count). The van der Waals surface area contributed by atoms with Gasteiger partial charge in [0.05, 0.1) is 6.54 Å². The van der Waals surface area contributed by atoms with Gasteiger partial charge in [-0.1, -0.05) is 42.1 Å². The lowest BCUT2D eigenvalue weighted by Crippen LogP contribution is -2.41. The lowest BCUT2D eigenvalue weighted by Gasteiger charge is -2.33. The van der Waals surface area contributed by atoms with Crippen molar-refractivity contribution in [2.75, 3.05) is 18.4 Å². The Morgan fingerprint density at radius 1 is 1.33 bits per heavy atom. The maximum Gasteiger partial charge on any atom is 0.238 e. The fourth-order valence-electron chi connectivity index (χ4n) is 3.09. The molecule has 1 aromatic carbocycles. The average molecular weight is 353 g/mol. The van der Waals surface area contributed by atoms with Crippen molar-refractivity contribution in [3.63, 3.8) is 0 Å². The second-order valence-electron chi connectivity index (χ2n) is 5.86. The number of hydrogen-bond acceptors (Lipinski definition) is 2. The van der Waals surface area contributed by atoms with E-state index in [0.29, 0.717) is 12.6 Å². The van der Waals surface area contributed by atoms with Crippen molar-refractivity contribution in [1.82, 2.24) is 4.90 Å². The van der Waals surface area contributed by atoms with Crippen molar-refractivity contribution in [3.8, 4) is 0 Å². The molecule has 4 heteroatoms. The van der Waals surface area contributed by atoms with Crippen LogP contribution in [0.3, 0.4) is 0 Å². The Balaban J connectivity index is 1.92. The summed E-state index contributed by atoms with van der Waals surface area (Å²) in [7, 11) is 0. The van der Waals surface area contributed by atoms with Crippen LogP contribution in [0.1, 0.15) is 44.6 Å². The molecule has 0 aliphatic heterocycles. The summed E-state index contributed by atoms with van der Waals surface area (Å²) in [6, 6.07) is 6.52. The maximum atomic E-state index is 12.3. The summed E-state index contributed by atoms with van der Waals surface area (Å²) >= 11 is 3.45. The van der Waals surface area contributed by atoms with Gasteiger partial charge in [-0.25, -0.2) is 0 Å². The minimum atomic E-state index is 0.0906. The number of carbonyl (C=O) groups is 1. The van der Waals surface area contributed by atoms with Crippen LogP contribution in [-0.2, 0) is 4.79 Å². The summed E-state index contributed by atoms with van der Waals surface area (Å²) in [5.41, 5.74) is 1.99. The molecule has 0 atom stereocenters. The molecule has 0 bridgehead atoms. The van der Waals surface area contributed by atoms with Crippen LogP contribution in [0.2, 0.25) is 0 Å². The molecule has 0 heterocycles. The molecule has 0 radical (unpaired) electrons. The Labute approximate surface area is 136 Å². The first-order valence-electron chi connectivity index (χ1n) is 7.90. The normalized spacial score (nSPS) is 16.2. The van der Waals surface area contributed by atoms with Gasteiger partial charge in [-0.3, -0.25) is 9.69 Å². The van der Waals surface area contributed by atoms with Crippen molar-refractivity contribution in [2.24, 2.45) is 0 Å². The number of nitrogens with one attached hydrogen (secondary N) is 1. The van der Waals surface area contributed by atoms with Crippen molar-refractivity contribution in [1.29, 1.82) is 0 Å². The predicted octanol–water partition coefficient (Wildman–Crippen LogP) is 4.35. The molecule has 1 aliphatic carbocycles. The number of carbonyl (C=O) groups excluding carboxylic acids is 1. The number of halogens is 1. The van der Waals surface area contributed by atoms with Gasteiger partial charge in [0.2, 0.25) is 5.91 Å². The van der Waals surface area contributed by atoms with E-state index in [0.717, 1.165) is 22.3 Å². The van der Waals surface area contributed by atoms with Crippen molar-refractivity contribution in [2.45, 2.75) is 52.0 Å². The molecule has 0 aromatic heterocycles. The monoisotopic (exact) mass is 352 g/mol. The number of anilines is 1. The zero-order valence-electron chi connectivity index (χ0n) is 13.0. The summed E-state index contributed by atoms with van der Waals surface area (Å²) in [6.07, 6.45) is 6.42. The lowest BCUT2D eigenvalue weighted by atomic mass is 9.94. The third kappa shape index (κ3) is 4.82. The summed E-state index contributed by atoms with van der Waals surface area (Å²) in [6.45, 7) is 5.60. The second-order valence-corrected chi connectivity index (χ2v) is 6.78. The molecule has 116 valence electrons. The molecule has 3 nitrogen and oxygen atoms in total. The van der Waals surface area contributed by atoms with Gasteiger partial charge in [-0.05, 0) is 50.1 Å². The van der Waals surface area contributed by atoms with Gasteiger partial charge >= 0.3 is 0 Å². The summed E-state index contributed by atoms with van der Waals surface area (Å²) in [5.74, 6) is 0.0906. The molecular formula is C17H25BrN2O. The smallest absolute Gasteiger partial charge is 0.238 e. The van der Waals surface area contributed by atoms with E-state index in [2.05, 4.69) is 33.1 Å². The molecule has 1 aliphatic rings. The Hall–Kier alpha value is -0.870. The highest BCUT2D eigenvalue weighted by Crippen LogP contribution is 2.23. The third-order valence-corrected chi connectivity index (χ3v) is 4.80. The number of rotatable bonds is 5. The van der Waals surface area contributed by atoms with Gasteiger partial charge in [0, 0.05) is 16.2 Å². The quantitative estimate of drug-likeness (QED) is 0.854. The number of aryl methyl sites for hydroxylation is 1.